The lowest BCUT2D eigenvalue weighted by molar-refractivity contribution is -0.127. The molecule has 2 aromatic carbocycles. The molecule has 0 aliphatic carbocycles. The summed E-state index contributed by atoms with van der Waals surface area (Å²) in [5.74, 6) is -0.139. The van der Waals surface area contributed by atoms with E-state index < -0.39 is 11.9 Å². The van der Waals surface area contributed by atoms with Gasteiger partial charge >= 0.3 is 0 Å². The summed E-state index contributed by atoms with van der Waals surface area (Å²) in [6.07, 6.45) is 0.146. The molecule has 2 aromatic rings. The van der Waals surface area contributed by atoms with Crippen LogP contribution < -0.4 is 15.8 Å². The average molecular weight is 312 g/mol. The zero-order chi connectivity index (χ0) is 16.8. The second kappa shape index (κ2) is 7.45. The highest BCUT2D eigenvalue weighted by atomic mass is 16.5. The van der Waals surface area contributed by atoms with Gasteiger partial charge in [0.2, 0.25) is 11.8 Å². The van der Waals surface area contributed by atoms with Crippen LogP contribution in [0.4, 0.5) is 0 Å². The molecule has 0 heterocycles. The van der Waals surface area contributed by atoms with Crippen LogP contribution in [0.2, 0.25) is 0 Å². The highest BCUT2D eigenvalue weighted by Gasteiger charge is 2.20. The van der Waals surface area contributed by atoms with Crippen molar-refractivity contribution >= 4 is 11.8 Å². The van der Waals surface area contributed by atoms with E-state index in [1.165, 1.54) is 0 Å². The fourth-order valence-electron chi connectivity index (χ4n) is 2.34. The molecule has 0 unspecified atom stereocenters. The first kappa shape index (κ1) is 16.5. The maximum atomic E-state index is 12.2. The van der Waals surface area contributed by atoms with E-state index in [1.54, 1.807) is 31.4 Å². The first-order valence-electron chi connectivity index (χ1n) is 7.28. The van der Waals surface area contributed by atoms with Gasteiger partial charge in [-0.1, -0.05) is 42.5 Å². The number of amides is 2. The van der Waals surface area contributed by atoms with Crippen LogP contribution in [0.3, 0.4) is 0 Å². The third-order valence-electron chi connectivity index (χ3n) is 3.56. The van der Waals surface area contributed by atoms with E-state index in [0.29, 0.717) is 5.56 Å². The molecular formula is C18H20N2O3. The Balaban J connectivity index is 2.09. The molecule has 0 saturated heterocycles. The number of hydrogen-bond acceptors (Lipinski definition) is 3. The maximum absolute atomic E-state index is 12.2. The molecule has 3 N–H and O–H groups in total. The summed E-state index contributed by atoms with van der Waals surface area (Å²) >= 11 is 0. The lowest BCUT2D eigenvalue weighted by atomic mass is 10.0. The van der Waals surface area contributed by atoms with E-state index in [1.807, 2.05) is 31.2 Å². The van der Waals surface area contributed by atoms with Crippen molar-refractivity contribution in [3.05, 3.63) is 65.2 Å². The van der Waals surface area contributed by atoms with Gasteiger partial charge in [0.15, 0.2) is 0 Å². The van der Waals surface area contributed by atoms with Crippen molar-refractivity contribution < 1.29 is 14.3 Å². The number of nitrogens with two attached hydrogens (primary N) is 1. The molecule has 5 nitrogen and oxygen atoms in total. The second-order valence-corrected chi connectivity index (χ2v) is 5.29. The number of rotatable bonds is 6. The molecule has 0 saturated carbocycles. The number of nitrogens with one attached hydrogen (secondary N) is 1. The predicted octanol–water partition coefficient (Wildman–Crippen LogP) is 1.89. The fraction of sp³-hybridized carbons (Fsp3) is 0.222. The van der Waals surface area contributed by atoms with Gasteiger partial charge in [-0.3, -0.25) is 9.59 Å². The van der Waals surface area contributed by atoms with E-state index in [4.69, 9.17) is 10.5 Å². The standard InChI is InChI=1S/C18H20N2O3/c1-12-8-9-13(10-15(12)23-2)11-16(21)20-17(18(19)22)14-6-4-3-5-7-14/h3-10,17H,11H2,1-2H3,(H2,19,22)(H,20,21)/t17-/m1/s1. The molecule has 2 rings (SSSR count). The van der Waals surface area contributed by atoms with E-state index in [2.05, 4.69) is 5.32 Å². The number of methoxy groups -OCH3 is 1. The van der Waals surface area contributed by atoms with Gasteiger partial charge in [0, 0.05) is 0 Å². The van der Waals surface area contributed by atoms with Gasteiger partial charge in [0.1, 0.15) is 11.8 Å². The fourth-order valence-corrected chi connectivity index (χ4v) is 2.34. The number of carbonyl (C=O) groups is 2. The summed E-state index contributed by atoms with van der Waals surface area (Å²) in [6, 6.07) is 13.7. The molecule has 0 aliphatic rings. The second-order valence-electron chi connectivity index (χ2n) is 5.29. The largest absolute Gasteiger partial charge is 0.496 e. The van der Waals surface area contributed by atoms with E-state index in [-0.39, 0.29) is 12.3 Å². The monoisotopic (exact) mass is 312 g/mol. The summed E-state index contributed by atoms with van der Waals surface area (Å²) in [5.41, 5.74) is 7.87. The Labute approximate surface area is 135 Å². The van der Waals surface area contributed by atoms with Gasteiger partial charge < -0.3 is 15.8 Å². The molecule has 23 heavy (non-hydrogen) atoms. The van der Waals surface area contributed by atoms with Gasteiger partial charge in [0.05, 0.1) is 13.5 Å². The Morgan fingerprint density at radius 3 is 2.48 bits per heavy atom. The van der Waals surface area contributed by atoms with Crippen molar-refractivity contribution in [3.63, 3.8) is 0 Å². The van der Waals surface area contributed by atoms with Crippen LogP contribution in [0.1, 0.15) is 22.7 Å². The molecule has 0 bridgehead atoms. The van der Waals surface area contributed by atoms with Crippen LogP contribution in [0, 0.1) is 6.92 Å². The van der Waals surface area contributed by atoms with E-state index in [0.717, 1.165) is 16.9 Å². The van der Waals surface area contributed by atoms with Crippen molar-refractivity contribution in [2.24, 2.45) is 5.73 Å². The lowest BCUT2D eigenvalue weighted by Crippen LogP contribution is -2.38. The van der Waals surface area contributed by atoms with Gasteiger partial charge in [0.25, 0.3) is 0 Å². The number of hydrogen-bond donors (Lipinski definition) is 2. The van der Waals surface area contributed by atoms with Gasteiger partial charge in [-0.15, -0.1) is 0 Å². The van der Waals surface area contributed by atoms with Crippen LogP contribution in [-0.4, -0.2) is 18.9 Å². The molecule has 0 spiro atoms. The van der Waals surface area contributed by atoms with Gasteiger partial charge in [-0.25, -0.2) is 0 Å². The predicted molar refractivity (Wildman–Crippen MR) is 88.0 cm³/mol. The maximum Gasteiger partial charge on any atom is 0.244 e. The van der Waals surface area contributed by atoms with Crippen LogP contribution in [-0.2, 0) is 16.0 Å². The van der Waals surface area contributed by atoms with Crippen molar-refractivity contribution in [2.75, 3.05) is 7.11 Å². The van der Waals surface area contributed by atoms with Gasteiger partial charge in [-0.05, 0) is 29.7 Å². The Bertz CT molecular complexity index is 699. The van der Waals surface area contributed by atoms with Crippen molar-refractivity contribution in [3.8, 4) is 5.75 Å². The van der Waals surface area contributed by atoms with Crippen LogP contribution >= 0.6 is 0 Å². The Kier molecular flexibility index (Phi) is 5.36. The van der Waals surface area contributed by atoms with E-state index >= 15 is 0 Å². The molecule has 1 atom stereocenters. The highest BCUT2D eigenvalue weighted by Crippen LogP contribution is 2.19. The molecule has 0 fully saturated rings. The minimum atomic E-state index is -0.837. The van der Waals surface area contributed by atoms with E-state index in [9.17, 15) is 9.59 Å². The number of aryl methyl sites for hydroxylation is 1. The number of primary amides is 1. The van der Waals surface area contributed by atoms with Crippen molar-refractivity contribution in [2.45, 2.75) is 19.4 Å². The quantitative estimate of drug-likeness (QED) is 0.854. The van der Waals surface area contributed by atoms with Crippen molar-refractivity contribution in [1.82, 2.24) is 5.32 Å². The molecular weight excluding hydrogens is 292 g/mol. The minimum Gasteiger partial charge on any atom is -0.496 e. The number of benzene rings is 2. The number of ether oxygens (including phenoxy) is 1. The molecule has 0 radical (unpaired) electrons. The van der Waals surface area contributed by atoms with Crippen LogP contribution in [0.15, 0.2) is 48.5 Å². The third-order valence-corrected chi connectivity index (χ3v) is 3.56. The lowest BCUT2D eigenvalue weighted by Gasteiger charge is -2.16. The zero-order valence-electron chi connectivity index (χ0n) is 13.2. The Morgan fingerprint density at radius 1 is 1.17 bits per heavy atom. The number of carbonyl (C=O) groups excluding carboxylic acids is 2. The zero-order valence-corrected chi connectivity index (χ0v) is 13.2. The summed E-state index contributed by atoms with van der Waals surface area (Å²) in [4.78, 5) is 23.8. The van der Waals surface area contributed by atoms with Crippen LogP contribution in [0.5, 0.6) is 5.75 Å². The Hall–Kier alpha value is -2.82. The third kappa shape index (κ3) is 4.32. The summed E-state index contributed by atoms with van der Waals surface area (Å²) < 4.78 is 5.25. The SMILES string of the molecule is COc1cc(CC(=O)N[C@@H](C(N)=O)c2ccccc2)ccc1C. The summed E-state index contributed by atoms with van der Waals surface area (Å²) in [5, 5.41) is 2.68. The summed E-state index contributed by atoms with van der Waals surface area (Å²) in [6.45, 7) is 1.93. The molecule has 0 aromatic heterocycles. The minimum absolute atomic E-state index is 0.146. The average Bonchev–Trinajstić information content (AvgIpc) is 2.55. The normalized spacial score (nSPS) is 11.6. The first-order chi connectivity index (χ1) is 11.0. The molecule has 2 amide bonds. The first-order valence-corrected chi connectivity index (χ1v) is 7.28. The summed E-state index contributed by atoms with van der Waals surface area (Å²) in [7, 11) is 1.59. The molecule has 0 aliphatic heterocycles. The Morgan fingerprint density at radius 2 is 1.87 bits per heavy atom. The van der Waals surface area contributed by atoms with Gasteiger partial charge in [-0.2, -0.15) is 0 Å². The molecule has 5 heteroatoms. The molecule has 120 valence electrons. The van der Waals surface area contributed by atoms with Crippen molar-refractivity contribution in [1.29, 1.82) is 0 Å². The smallest absolute Gasteiger partial charge is 0.244 e. The van der Waals surface area contributed by atoms with Crippen LogP contribution in [0.25, 0.3) is 0 Å². The topological polar surface area (TPSA) is 81.4 Å². The highest BCUT2D eigenvalue weighted by molar-refractivity contribution is 5.88.